The summed E-state index contributed by atoms with van der Waals surface area (Å²) in [6, 6.07) is 8.12. The molecule has 4 heteroatoms. The molecule has 1 heterocycles. The fraction of sp³-hybridized carbons (Fsp3) is 0.500. The lowest BCUT2D eigenvalue weighted by Gasteiger charge is -2.06. The molecule has 0 aliphatic rings. The molecule has 1 N–H and O–H groups in total. The molecule has 2 rings (SSSR count). The Bertz CT molecular complexity index is 521. The zero-order chi connectivity index (χ0) is 14.2. The highest BCUT2D eigenvalue weighted by atomic mass is 16.5. The Kier molecular flexibility index (Phi) is 6.05. The lowest BCUT2D eigenvalue weighted by Crippen LogP contribution is -2.15. The van der Waals surface area contributed by atoms with Gasteiger partial charge in [0.25, 0.3) is 0 Å². The van der Waals surface area contributed by atoms with E-state index in [0.717, 1.165) is 30.9 Å². The van der Waals surface area contributed by atoms with Gasteiger partial charge in [0.05, 0.1) is 13.2 Å². The Morgan fingerprint density at radius 1 is 1.20 bits per heavy atom. The minimum atomic E-state index is 0.487. The third kappa shape index (κ3) is 3.82. The Morgan fingerprint density at radius 3 is 2.85 bits per heavy atom. The fourth-order valence-electron chi connectivity index (χ4n) is 2.16. The summed E-state index contributed by atoms with van der Waals surface area (Å²) in [5.74, 6) is 0.908. The maximum atomic E-state index is 5.90. The van der Waals surface area contributed by atoms with Gasteiger partial charge in [-0.3, -0.25) is 0 Å². The van der Waals surface area contributed by atoms with Crippen LogP contribution in [0.4, 0.5) is 0 Å². The molecule has 0 bridgehead atoms. The first-order valence-electron chi connectivity index (χ1n) is 7.13. The minimum absolute atomic E-state index is 0.487. The maximum absolute atomic E-state index is 5.90. The predicted octanol–water partition coefficient (Wildman–Crippen LogP) is 3.10. The predicted molar refractivity (Wildman–Crippen MR) is 79.7 cm³/mol. The molecule has 0 fully saturated rings. The average molecular weight is 277 g/mol. The number of nitrogens with one attached hydrogen (secondary N) is 1. The SMILES string of the molecule is CCCNCc1c(COCCOC)oc2ccccc12. The normalized spacial score (nSPS) is 11.3. The van der Waals surface area contributed by atoms with Gasteiger partial charge in [-0.25, -0.2) is 0 Å². The van der Waals surface area contributed by atoms with Crippen molar-refractivity contribution in [2.24, 2.45) is 0 Å². The van der Waals surface area contributed by atoms with Crippen LogP contribution in [0, 0.1) is 0 Å². The molecule has 0 saturated carbocycles. The fourth-order valence-corrected chi connectivity index (χ4v) is 2.16. The van der Waals surface area contributed by atoms with Gasteiger partial charge in [0.15, 0.2) is 0 Å². The maximum Gasteiger partial charge on any atom is 0.135 e. The van der Waals surface area contributed by atoms with Crippen molar-refractivity contribution >= 4 is 11.0 Å². The van der Waals surface area contributed by atoms with E-state index in [-0.39, 0.29) is 0 Å². The van der Waals surface area contributed by atoms with E-state index in [4.69, 9.17) is 13.9 Å². The highest BCUT2D eigenvalue weighted by Gasteiger charge is 2.13. The molecule has 1 aromatic carbocycles. The third-order valence-electron chi connectivity index (χ3n) is 3.18. The number of rotatable bonds is 9. The summed E-state index contributed by atoms with van der Waals surface area (Å²) in [5, 5.41) is 4.60. The van der Waals surface area contributed by atoms with Crippen molar-refractivity contribution in [1.82, 2.24) is 5.32 Å². The zero-order valence-corrected chi connectivity index (χ0v) is 12.3. The molecule has 2 aromatic rings. The number of para-hydroxylation sites is 1. The molecule has 0 unspecified atom stereocenters. The van der Waals surface area contributed by atoms with Crippen molar-refractivity contribution in [3.05, 3.63) is 35.6 Å². The van der Waals surface area contributed by atoms with Crippen LogP contribution >= 0.6 is 0 Å². The molecule has 0 spiro atoms. The van der Waals surface area contributed by atoms with Gasteiger partial charge in [0.2, 0.25) is 0 Å². The average Bonchev–Trinajstić information content (AvgIpc) is 2.82. The molecule has 0 atom stereocenters. The second-order valence-electron chi connectivity index (χ2n) is 4.72. The number of hydrogen-bond acceptors (Lipinski definition) is 4. The molecule has 0 aliphatic carbocycles. The van der Waals surface area contributed by atoms with Crippen LogP contribution in [0.3, 0.4) is 0 Å². The molecule has 20 heavy (non-hydrogen) atoms. The van der Waals surface area contributed by atoms with E-state index in [1.54, 1.807) is 7.11 Å². The van der Waals surface area contributed by atoms with Gasteiger partial charge < -0.3 is 19.2 Å². The molecule has 4 nitrogen and oxygen atoms in total. The first-order valence-corrected chi connectivity index (χ1v) is 7.13. The quantitative estimate of drug-likeness (QED) is 0.715. The molecule has 0 saturated heterocycles. The van der Waals surface area contributed by atoms with Crippen LogP contribution in [0.5, 0.6) is 0 Å². The number of fused-ring (bicyclic) bond motifs is 1. The van der Waals surface area contributed by atoms with Crippen LogP contribution in [0.2, 0.25) is 0 Å². The van der Waals surface area contributed by atoms with Gasteiger partial charge in [-0.05, 0) is 19.0 Å². The van der Waals surface area contributed by atoms with Crippen molar-refractivity contribution in [2.45, 2.75) is 26.5 Å². The number of benzene rings is 1. The molecule has 1 aromatic heterocycles. The summed E-state index contributed by atoms with van der Waals surface area (Å²) in [5.41, 5.74) is 2.12. The van der Waals surface area contributed by atoms with Crippen LogP contribution in [0.1, 0.15) is 24.7 Å². The number of methoxy groups -OCH3 is 1. The van der Waals surface area contributed by atoms with Gasteiger partial charge >= 0.3 is 0 Å². The summed E-state index contributed by atoms with van der Waals surface area (Å²) in [4.78, 5) is 0. The van der Waals surface area contributed by atoms with Gasteiger partial charge in [-0.1, -0.05) is 25.1 Å². The van der Waals surface area contributed by atoms with Crippen molar-refractivity contribution in [3.8, 4) is 0 Å². The van der Waals surface area contributed by atoms with Crippen molar-refractivity contribution in [1.29, 1.82) is 0 Å². The van der Waals surface area contributed by atoms with Crippen molar-refractivity contribution in [3.63, 3.8) is 0 Å². The first kappa shape index (κ1) is 15.0. The third-order valence-corrected chi connectivity index (χ3v) is 3.18. The van der Waals surface area contributed by atoms with E-state index in [2.05, 4.69) is 18.3 Å². The smallest absolute Gasteiger partial charge is 0.135 e. The van der Waals surface area contributed by atoms with Gasteiger partial charge in [0, 0.05) is 24.6 Å². The largest absolute Gasteiger partial charge is 0.458 e. The molecular formula is C16H23NO3. The van der Waals surface area contributed by atoms with Crippen molar-refractivity contribution < 1.29 is 13.9 Å². The van der Waals surface area contributed by atoms with E-state index in [1.165, 1.54) is 10.9 Å². The zero-order valence-electron chi connectivity index (χ0n) is 12.3. The highest BCUT2D eigenvalue weighted by Crippen LogP contribution is 2.26. The van der Waals surface area contributed by atoms with E-state index in [1.807, 2.05) is 18.2 Å². The standard InChI is InChI=1S/C16H23NO3/c1-3-8-17-11-14-13-6-4-5-7-15(13)20-16(14)12-19-10-9-18-2/h4-7,17H,3,8-12H2,1-2H3. The monoisotopic (exact) mass is 277 g/mol. The Morgan fingerprint density at radius 2 is 2.05 bits per heavy atom. The Labute approximate surface area is 120 Å². The summed E-state index contributed by atoms with van der Waals surface area (Å²) in [7, 11) is 1.67. The Balaban J connectivity index is 2.11. The van der Waals surface area contributed by atoms with Crippen LogP contribution in [0.25, 0.3) is 11.0 Å². The van der Waals surface area contributed by atoms with E-state index < -0.39 is 0 Å². The van der Waals surface area contributed by atoms with Gasteiger partial charge in [0.1, 0.15) is 18.0 Å². The highest BCUT2D eigenvalue weighted by molar-refractivity contribution is 5.82. The second kappa shape index (κ2) is 8.04. The molecule has 0 aliphatic heterocycles. The number of ether oxygens (including phenoxy) is 2. The summed E-state index contributed by atoms with van der Waals surface area (Å²) in [6.07, 6.45) is 1.12. The van der Waals surface area contributed by atoms with E-state index in [0.29, 0.717) is 19.8 Å². The summed E-state index contributed by atoms with van der Waals surface area (Å²) < 4.78 is 16.5. The lowest BCUT2D eigenvalue weighted by atomic mass is 10.1. The van der Waals surface area contributed by atoms with Gasteiger partial charge in [-0.2, -0.15) is 0 Å². The van der Waals surface area contributed by atoms with Crippen LogP contribution in [0.15, 0.2) is 28.7 Å². The lowest BCUT2D eigenvalue weighted by molar-refractivity contribution is 0.0539. The summed E-state index contributed by atoms with van der Waals surface area (Å²) in [6.45, 7) is 5.65. The second-order valence-corrected chi connectivity index (χ2v) is 4.72. The van der Waals surface area contributed by atoms with Crippen molar-refractivity contribution in [2.75, 3.05) is 26.9 Å². The van der Waals surface area contributed by atoms with Crippen LogP contribution in [-0.4, -0.2) is 26.9 Å². The molecule has 110 valence electrons. The minimum Gasteiger partial charge on any atom is -0.458 e. The molecular weight excluding hydrogens is 254 g/mol. The molecule has 0 amide bonds. The number of furan rings is 1. The van der Waals surface area contributed by atoms with Crippen LogP contribution < -0.4 is 5.32 Å². The van der Waals surface area contributed by atoms with Gasteiger partial charge in [-0.15, -0.1) is 0 Å². The molecule has 0 radical (unpaired) electrons. The van der Waals surface area contributed by atoms with E-state index >= 15 is 0 Å². The van der Waals surface area contributed by atoms with Crippen LogP contribution in [-0.2, 0) is 22.6 Å². The Hall–Kier alpha value is -1.36. The topological polar surface area (TPSA) is 43.6 Å². The van der Waals surface area contributed by atoms with E-state index in [9.17, 15) is 0 Å². The summed E-state index contributed by atoms with van der Waals surface area (Å²) >= 11 is 0. The first-order chi connectivity index (χ1) is 9.86. The number of hydrogen-bond donors (Lipinski definition) is 1.